The summed E-state index contributed by atoms with van der Waals surface area (Å²) in [5, 5.41) is 5.50. The van der Waals surface area contributed by atoms with Crippen LogP contribution in [-0.2, 0) is 19.1 Å². The second-order valence-corrected chi connectivity index (χ2v) is 6.53. The number of imide groups is 1. The number of nitrogens with zero attached hydrogens (tertiary/aromatic N) is 2. The number of carbonyl (C=O) groups is 4. The molecule has 2 rings (SSSR count). The Balaban J connectivity index is 1.92. The Hall–Kier alpha value is -2.68. The van der Waals surface area contributed by atoms with E-state index in [2.05, 4.69) is 15.6 Å². The van der Waals surface area contributed by atoms with Crippen LogP contribution in [0.1, 0.15) is 33.6 Å². The lowest BCUT2D eigenvalue weighted by Crippen LogP contribution is -2.46. The normalized spacial score (nSPS) is 16.7. The van der Waals surface area contributed by atoms with Crippen LogP contribution in [0.15, 0.2) is 18.3 Å². The maximum absolute atomic E-state index is 12.5. The Morgan fingerprint density at radius 2 is 2.00 bits per heavy atom. The molecule has 146 valence electrons. The molecule has 1 atom stereocenters. The molecule has 1 aliphatic rings. The number of rotatable bonds is 7. The van der Waals surface area contributed by atoms with Crippen LogP contribution in [-0.4, -0.2) is 51.9 Å². The molecule has 0 unspecified atom stereocenters. The first-order valence-electron chi connectivity index (χ1n) is 8.48. The van der Waals surface area contributed by atoms with Gasteiger partial charge in [-0.05, 0) is 31.9 Å². The Kier molecular flexibility index (Phi) is 6.37. The molecule has 0 spiro atoms. The SMILES string of the molecule is CCC1(CC)NC(=O)N(CC(=O)O[C@H](C)C(=O)Nc2ccc(Cl)cn2)C1=O. The van der Waals surface area contributed by atoms with Crippen molar-refractivity contribution in [1.29, 1.82) is 0 Å². The van der Waals surface area contributed by atoms with Gasteiger partial charge in [-0.15, -0.1) is 0 Å². The van der Waals surface area contributed by atoms with Gasteiger partial charge in [0.15, 0.2) is 6.10 Å². The van der Waals surface area contributed by atoms with Crippen molar-refractivity contribution in [2.75, 3.05) is 11.9 Å². The van der Waals surface area contributed by atoms with Gasteiger partial charge in [-0.3, -0.25) is 19.3 Å². The van der Waals surface area contributed by atoms with E-state index in [0.717, 1.165) is 4.90 Å². The fourth-order valence-corrected chi connectivity index (χ4v) is 2.76. The highest BCUT2D eigenvalue weighted by atomic mass is 35.5. The van der Waals surface area contributed by atoms with E-state index in [1.807, 2.05) is 0 Å². The Morgan fingerprint density at radius 3 is 2.52 bits per heavy atom. The number of hydrogen-bond acceptors (Lipinski definition) is 6. The smallest absolute Gasteiger partial charge is 0.327 e. The second-order valence-electron chi connectivity index (χ2n) is 6.09. The number of pyridine rings is 1. The third kappa shape index (κ3) is 4.54. The quantitative estimate of drug-likeness (QED) is 0.535. The zero-order valence-corrected chi connectivity index (χ0v) is 16.0. The van der Waals surface area contributed by atoms with Gasteiger partial charge in [0.1, 0.15) is 17.9 Å². The highest BCUT2D eigenvalue weighted by Gasteiger charge is 2.49. The van der Waals surface area contributed by atoms with Gasteiger partial charge in [0, 0.05) is 6.20 Å². The Labute approximate surface area is 161 Å². The number of urea groups is 1. The lowest BCUT2D eigenvalue weighted by atomic mass is 9.93. The standard InChI is InChI=1S/C17H21ClN4O5/c1-4-17(5-2)15(25)22(16(26)21-17)9-13(23)27-10(3)14(24)20-12-7-6-11(18)8-19-12/h6-8,10H,4-5,9H2,1-3H3,(H,21,26)(H,19,20,24)/t10-/m1/s1. The van der Waals surface area contributed by atoms with E-state index < -0.39 is 42.0 Å². The van der Waals surface area contributed by atoms with E-state index in [-0.39, 0.29) is 5.82 Å². The van der Waals surface area contributed by atoms with Gasteiger partial charge >= 0.3 is 12.0 Å². The summed E-state index contributed by atoms with van der Waals surface area (Å²) in [5.41, 5.74) is -0.999. The number of nitrogens with one attached hydrogen (secondary N) is 2. The van der Waals surface area contributed by atoms with Crippen LogP contribution in [0.4, 0.5) is 10.6 Å². The summed E-state index contributed by atoms with van der Waals surface area (Å²) in [6.07, 6.45) is 1.04. The molecule has 2 heterocycles. The number of halogens is 1. The minimum atomic E-state index is -1.14. The average Bonchev–Trinajstić information content (AvgIpc) is 2.88. The summed E-state index contributed by atoms with van der Waals surface area (Å²) in [6, 6.07) is 2.39. The van der Waals surface area contributed by atoms with Gasteiger partial charge in [-0.1, -0.05) is 25.4 Å². The molecular weight excluding hydrogens is 376 g/mol. The van der Waals surface area contributed by atoms with Crippen molar-refractivity contribution in [3.05, 3.63) is 23.4 Å². The molecule has 2 N–H and O–H groups in total. The van der Waals surface area contributed by atoms with Crippen LogP contribution in [0.3, 0.4) is 0 Å². The van der Waals surface area contributed by atoms with Crippen LogP contribution in [0.5, 0.6) is 0 Å². The first-order valence-corrected chi connectivity index (χ1v) is 8.86. The molecular formula is C17H21ClN4O5. The molecule has 1 aromatic rings. The molecule has 1 aromatic heterocycles. The van der Waals surface area contributed by atoms with Gasteiger partial charge in [0.05, 0.1) is 5.02 Å². The molecule has 0 saturated carbocycles. The monoisotopic (exact) mass is 396 g/mol. The molecule has 1 fully saturated rings. The van der Waals surface area contributed by atoms with Crippen molar-refractivity contribution < 1.29 is 23.9 Å². The van der Waals surface area contributed by atoms with Crippen LogP contribution < -0.4 is 10.6 Å². The molecule has 0 radical (unpaired) electrons. The fourth-order valence-electron chi connectivity index (χ4n) is 2.64. The molecule has 1 aliphatic heterocycles. The molecule has 10 heteroatoms. The van der Waals surface area contributed by atoms with Crippen LogP contribution in [0, 0.1) is 0 Å². The average molecular weight is 397 g/mol. The van der Waals surface area contributed by atoms with E-state index in [1.54, 1.807) is 19.9 Å². The van der Waals surface area contributed by atoms with E-state index in [9.17, 15) is 19.2 Å². The minimum Gasteiger partial charge on any atom is -0.451 e. The number of anilines is 1. The highest BCUT2D eigenvalue weighted by Crippen LogP contribution is 2.24. The van der Waals surface area contributed by atoms with Crippen molar-refractivity contribution in [2.24, 2.45) is 0 Å². The molecule has 9 nitrogen and oxygen atoms in total. The second kappa shape index (κ2) is 8.34. The van der Waals surface area contributed by atoms with Crippen LogP contribution >= 0.6 is 11.6 Å². The Morgan fingerprint density at radius 1 is 1.33 bits per heavy atom. The largest absolute Gasteiger partial charge is 0.451 e. The van der Waals surface area contributed by atoms with E-state index in [0.29, 0.717) is 17.9 Å². The molecule has 27 heavy (non-hydrogen) atoms. The molecule has 0 aromatic carbocycles. The predicted molar refractivity (Wildman–Crippen MR) is 97.0 cm³/mol. The van der Waals surface area contributed by atoms with Gasteiger partial charge in [-0.25, -0.2) is 9.78 Å². The van der Waals surface area contributed by atoms with E-state index >= 15 is 0 Å². The Bertz CT molecular complexity index is 748. The number of carbonyl (C=O) groups excluding carboxylic acids is 4. The molecule has 4 amide bonds. The first kappa shape index (κ1) is 20.6. The maximum atomic E-state index is 12.5. The number of ether oxygens (including phenoxy) is 1. The number of esters is 1. The van der Waals surface area contributed by atoms with Gasteiger partial charge in [0.25, 0.3) is 11.8 Å². The number of hydrogen-bond donors (Lipinski definition) is 2. The zero-order chi connectivity index (χ0) is 20.2. The van der Waals surface area contributed by atoms with Crippen molar-refractivity contribution in [3.63, 3.8) is 0 Å². The highest BCUT2D eigenvalue weighted by molar-refractivity contribution is 6.30. The third-order valence-electron chi connectivity index (χ3n) is 4.40. The van der Waals surface area contributed by atoms with E-state index in [4.69, 9.17) is 16.3 Å². The van der Waals surface area contributed by atoms with Crippen molar-refractivity contribution in [3.8, 4) is 0 Å². The van der Waals surface area contributed by atoms with Gasteiger partial charge < -0.3 is 15.4 Å². The lowest BCUT2D eigenvalue weighted by Gasteiger charge is -2.23. The fraction of sp³-hybridized carbons (Fsp3) is 0.471. The van der Waals surface area contributed by atoms with Crippen LogP contribution in [0.25, 0.3) is 0 Å². The number of aromatic nitrogens is 1. The summed E-state index contributed by atoms with van der Waals surface area (Å²) in [5.74, 6) is -1.70. The van der Waals surface area contributed by atoms with Gasteiger partial charge in [-0.2, -0.15) is 0 Å². The van der Waals surface area contributed by atoms with Crippen molar-refractivity contribution in [1.82, 2.24) is 15.2 Å². The zero-order valence-electron chi connectivity index (χ0n) is 15.2. The van der Waals surface area contributed by atoms with Crippen LogP contribution in [0.2, 0.25) is 5.02 Å². The summed E-state index contributed by atoms with van der Waals surface area (Å²) in [6.45, 7) is 4.36. The first-order chi connectivity index (χ1) is 12.7. The number of amides is 4. The topological polar surface area (TPSA) is 118 Å². The molecule has 1 saturated heterocycles. The van der Waals surface area contributed by atoms with Gasteiger partial charge in [0.2, 0.25) is 0 Å². The molecule has 0 bridgehead atoms. The maximum Gasteiger partial charge on any atom is 0.327 e. The van der Waals surface area contributed by atoms with Crippen molar-refractivity contribution >= 4 is 41.2 Å². The van der Waals surface area contributed by atoms with E-state index in [1.165, 1.54) is 19.2 Å². The minimum absolute atomic E-state index is 0.247. The summed E-state index contributed by atoms with van der Waals surface area (Å²) in [4.78, 5) is 53.4. The summed E-state index contributed by atoms with van der Waals surface area (Å²) >= 11 is 5.72. The summed E-state index contributed by atoms with van der Waals surface area (Å²) in [7, 11) is 0. The van der Waals surface area contributed by atoms with Crippen molar-refractivity contribution in [2.45, 2.75) is 45.3 Å². The lowest BCUT2D eigenvalue weighted by molar-refractivity contribution is -0.155. The molecule has 0 aliphatic carbocycles. The third-order valence-corrected chi connectivity index (χ3v) is 4.62. The predicted octanol–water partition coefficient (Wildman–Crippen LogP) is 1.72. The summed E-state index contributed by atoms with van der Waals surface area (Å²) < 4.78 is 5.02.